The fourth-order valence-electron chi connectivity index (χ4n) is 2.53. The number of benzene rings is 1. The highest BCUT2D eigenvalue weighted by molar-refractivity contribution is 6.36. The summed E-state index contributed by atoms with van der Waals surface area (Å²) in [4.78, 5) is 23.3. The zero-order valence-electron chi connectivity index (χ0n) is 12.6. The second-order valence-electron chi connectivity index (χ2n) is 5.44. The largest absolute Gasteiger partial charge is 0.341 e. The van der Waals surface area contributed by atoms with Crippen LogP contribution in [0.25, 0.3) is 0 Å². The number of hydrogen-bond acceptors (Lipinski definition) is 4. The number of amides is 1. The van der Waals surface area contributed by atoms with Crippen molar-refractivity contribution in [1.29, 1.82) is 0 Å². The highest BCUT2D eigenvalue weighted by Crippen LogP contribution is 2.26. The maximum absolute atomic E-state index is 12.4. The molecule has 5 nitrogen and oxygen atoms in total. The highest BCUT2D eigenvalue weighted by atomic mass is 35.5. The average Bonchev–Trinajstić information content (AvgIpc) is 3.04. The summed E-state index contributed by atoms with van der Waals surface area (Å²) in [6, 6.07) is 4.92. The first-order valence-corrected chi connectivity index (χ1v) is 8.15. The van der Waals surface area contributed by atoms with E-state index in [1.54, 1.807) is 31.3 Å². The van der Waals surface area contributed by atoms with Gasteiger partial charge < -0.3 is 10.2 Å². The maximum atomic E-state index is 12.4. The smallest absolute Gasteiger partial charge is 0.259 e. The van der Waals surface area contributed by atoms with Crippen molar-refractivity contribution in [3.63, 3.8) is 0 Å². The predicted octanol–water partition coefficient (Wildman–Crippen LogP) is 3.94. The van der Waals surface area contributed by atoms with Crippen LogP contribution in [0.1, 0.15) is 28.9 Å². The van der Waals surface area contributed by atoms with Crippen LogP contribution in [0.15, 0.2) is 24.4 Å². The lowest BCUT2D eigenvalue weighted by Crippen LogP contribution is -2.22. The summed E-state index contributed by atoms with van der Waals surface area (Å²) in [5, 5.41) is 3.66. The van der Waals surface area contributed by atoms with Crippen molar-refractivity contribution in [2.24, 2.45) is 0 Å². The predicted molar refractivity (Wildman–Crippen MR) is 92.6 cm³/mol. The zero-order chi connectivity index (χ0) is 16.4. The molecule has 120 valence electrons. The van der Waals surface area contributed by atoms with Crippen LogP contribution in [0.3, 0.4) is 0 Å². The molecule has 0 spiro atoms. The summed E-state index contributed by atoms with van der Waals surface area (Å²) in [5.74, 6) is 0.390. The minimum absolute atomic E-state index is 0.292. The Morgan fingerprint density at radius 2 is 2.00 bits per heavy atom. The third kappa shape index (κ3) is 3.57. The standard InChI is InChI=1S/C16H16Cl2N4O/c1-10-12(9-19-16(20-10)22-6-2-3-7-22)15(23)21-14-5-4-11(17)8-13(14)18/h4-5,8-9H,2-3,6-7H2,1H3,(H,21,23). The van der Waals surface area contributed by atoms with Crippen LogP contribution in [0, 0.1) is 6.92 Å². The van der Waals surface area contributed by atoms with Gasteiger partial charge in [-0.05, 0) is 38.0 Å². The molecule has 0 saturated carbocycles. The molecule has 1 N–H and O–H groups in total. The molecule has 23 heavy (non-hydrogen) atoms. The van der Waals surface area contributed by atoms with Crippen LogP contribution in [-0.4, -0.2) is 29.0 Å². The number of nitrogens with one attached hydrogen (secondary N) is 1. The Morgan fingerprint density at radius 1 is 1.26 bits per heavy atom. The van der Waals surface area contributed by atoms with E-state index in [1.807, 2.05) is 0 Å². The van der Waals surface area contributed by atoms with E-state index in [0.29, 0.717) is 32.9 Å². The van der Waals surface area contributed by atoms with E-state index in [9.17, 15) is 4.79 Å². The number of rotatable bonds is 3. The normalized spacial score (nSPS) is 14.1. The Balaban J connectivity index is 1.79. The van der Waals surface area contributed by atoms with Gasteiger partial charge in [0.2, 0.25) is 5.95 Å². The van der Waals surface area contributed by atoms with Crippen molar-refractivity contribution in [3.8, 4) is 0 Å². The Labute approximate surface area is 144 Å². The fourth-order valence-corrected chi connectivity index (χ4v) is 2.98. The lowest BCUT2D eigenvalue weighted by molar-refractivity contribution is 0.102. The lowest BCUT2D eigenvalue weighted by atomic mass is 10.2. The third-order valence-electron chi connectivity index (χ3n) is 3.78. The van der Waals surface area contributed by atoms with Crippen LogP contribution in [0.5, 0.6) is 0 Å². The van der Waals surface area contributed by atoms with Crippen LogP contribution in [0.4, 0.5) is 11.6 Å². The summed E-state index contributed by atoms with van der Waals surface area (Å²) < 4.78 is 0. The molecular weight excluding hydrogens is 335 g/mol. The number of hydrogen-bond donors (Lipinski definition) is 1. The Hall–Kier alpha value is -1.85. The Bertz CT molecular complexity index is 745. The van der Waals surface area contributed by atoms with E-state index in [-0.39, 0.29) is 5.91 Å². The van der Waals surface area contributed by atoms with E-state index in [2.05, 4.69) is 20.2 Å². The van der Waals surface area contributed by atoms with Gasteiger partial charge in [0.1, 0.15) is 0 Å². The Kier molecular flexibility index (Phi) is 4.68. The molecule has 1 saturated heterocycles. The number of carbonyl (C=O) groups is 1. The lowest BCUT2D eigenvalue weighted by Gasteiger charge is -2.16. The second-order valence-corrected chi connectivity index (χ2v) is 6.29. The van der Waals surface area contributed by atoms with Gasteiger partial charge in [-0.15, -0.1) is 0 Å². The molecule has 1 aliphatic heterocycles. The minimum atomic E-state index is -0.292. The summed E-state index contributed by atoms with van der Waals surface area (Å²) in [5.41, 5.74) is 1.58. The van der Waals surface area contributed by atoms with E-state index in [4.69, 9.17) is 23.2 Å². The van der Waals surface area contributed by atoms with Crippen LogP contribution in [-0.2, 0) is 0 Å². The first-order valence-electron chi connectivity index (χ1n) is 7.39. The van der Waals surface area contributed by atoms with Gasteiger partial charge in [0, 0.05) is 24.3 Å². The van der Waals surface area contributed by atoms with Gasteiger partial charge in [-0.2, -0.15) is 0 Å². The van der Waals surface area contributed by atoms with Gasteiger partial charge in [0.15, 0.2) is 0 Å². The van der Waals surface area contributed by atoms with Gasteiger partial charge in [-0.1, -0.05) is 23.2 Å². The molecule has 1 fully saturated rings. The molecule has 2 heterocycles. The molecule has 0 atom stereocenters. The summed E-state index contributed by atoms with van der Waals surface area (Å²) >= 11 is 11.9. The van der Waals surface area contributed by atoms with Crippen molar-refractivity contribution in [3.05, 3.63) is 45.7 Å². The van der Waals surface area contributed by atoms with Crippen LogP contribution in [0.2, 0.25) is 10.0 Å². The molecular formula is C16H16Cl2N4O. The second kappa shape index (κ2) is 6.72. The van der Waals surface area contributed by atoms with Crippen molar-refractivity contribution >= 4 is 40.7 Å². The summed E-state index contributed by atoms with van der Waals surface area (Å²) in [7, 11) is 0. The van der Waals surface area contributed by atoms with Crippen molar-refractivity contribution in [2.45, 2.75) is 19.8 Å². The van der Waals surface area contributed by atoms with Crippen molar-refractivity contribution in [1.82, 2.24) is 9.97 Å². The number of anilines is 2. The molecule has 1 aromatic carbocycles. The monoisotopic (exact) mass is 350 g/mol. The van der Waals surface area contributed by atoms with Gasteiger partial charge >= 0.3 is 0 Å². The first-order chi connectivity index (χ1) is 11.0. The van der Waals surface area contributed by atoms with Gasteiger partial charge in [0.05, 0.1) is 22.0 Å². The van der Waals surface area contributed by atoms with Crippen molar-refractivity contribution in [2.75, 3.05) is 23.3 Å². The van der Waals surface area contributed by atoms with E-state index >= 15 is 0 Å². The summed E-state index contributed by atoms with van der Waals surface area (Å²) in [6.45, 7) is 3.73. The van der Waals surface area contributed by atoms with Gasteiger partial charge in [-0.3, -0.25) is 4.79 Å². The number of halogens is 2. The van der Waals surface area contributed by atoms with Gasteiger partial charge in [0.25, 0.3) is 5.91 Å². The van der Waals surface area contributed by atoms with E-state index < -0.39 is 0 Å². The van der Waals surface area contributed by atoms with E-state index in [0.717, 1.165) is 25.9 Å². The van der Waals surface area contributed by atoms with Crippen LogP contribution < -0.4 is 10.2 Å². The molecule has 3 rings (SSSR count). The highest BCUT2D eigenvalue weighted by Gasteiger charge is 2.18. The van der Waals surface area contributed by atoms with Gasteiger partial charge in [-0.25, -0.2) is 9.97 Å². The van der Waals surface area contributed by atoms with Crippen LogP contribution >= 0.6 is 23.2 Å². The van der Waals surface area contributed by atoms with Crippen molar-refractivity contribution < 1.29 is 4.79 Å². The quantitative estimate of drug-likeness (QED) is 0.910. The number of aromatic nitrogens is 2. The maximum Gasteiger partial charge on any atom is 0.259 e. The summed E-state index contributed by atoms with van der Waals surface area (Å²) in [6.07, 6.45) is 3.87. The number of aryl methyl sites for hydroxylation is 1. The van der Waals surface area contributed by atoms with E-state index in [1.165, 1.54) is 0 Å². The molecule has 1 aliphatic rings. The molecule has 0 bridgehead atoms. The topological polar surface area (TPSA) is 58.1 Å². The SMILES string of the molecule is Cc1nc(N2CCCC2)ncc1C(=O)Nc1ccc(Cl)cc1Cl. The number of carbonyl (C=O) groups excluding carboxylic acids is 1. The number of nitrogens with zero attached hydrogens (tertiary/aromatic N) is 3. The first kappa shape index (κ1) is 16.0. The zero-order valence-corrected chi connectivity index (χ0v) is 14.2. The fraction of sp³-hybridized carbons (Fsp3) is 0.312. The molecule has 0 unspecified atom stereocenters. The molecule has 0 aliphatic carbocycles. The minimum Gasteiger partial charge on any atom is -0.341 e. The molecule has 0 radical (unpaired) electrons. The average molecular weight is 351 g/mol. The third-order valence-corrected chi connectivity index (χ3v) is 4.33. The molecule has 1 amide bonds. The molecule has 7 heteroatoms. The molecule has 2 aromatic rings. The molecule has 1 aromatic heterocycles. The Morgan fingerprint density at radius 3 is 2.65 bits per heavy atom.